The fourth-order valence-corrected chi connectivity index (χ4v) is 2.10. The molecule has 6 nitrogen and oxygen atoms in total. The second-order valence-electron chi connectivity index (χ2n) is 4.57. The summed E-state index contributed by atoms with van der Waals surface area (Å²) in [6.07, 6.45) is 2.71. The van der Waals surface area contributed by atoms with Crippen LogP contribution in [0.1, 0.15) is 16.1 Å². The van der Waals surface area contributed by atoms with E-state index in [1.165, 1.54) is 12.4 Å². The van der Waals surface area contributed by atoms with Crippen molar-refractivity contribution in [2.75, 3.05) is 13.8 Å². The number of amides is 1. The molecule has 1 aromatic heterocycles. The second kappa shape index (κ2) is 5.57. The van der Waals surface area contributed by atoms with Gasteiger partial charge in [-0.2, -0.15) is 0 Å². The molecule has 0 aliphatic carbocycles. The highest BCUT2D eigenvalue weighted by Crippen LogP contribution is 2.32. The van der Waals surface area contributed by atoms with E-state index in [1.807, 2.05) is 18.2 Å². The summed E-state index contributed by atoms with van der Waals surface area (Å²) in [5.41, 5.74) is 1.19. The van der Waals surface area contributed by atoms with E-state index >= 15 is 0 Å². The van der Waals surface area contributed by atoms with Gasteiger partial charge < -0.3 is 14.4 Å². The van der Waals surface area contributed by atoms with Crippen LogP contribution >= 0.6 is 11.6 Å². The molecule has 1 aliphatic heterocycles. The van der Waals surface area contributed by atoms with Gasteiger partial charge in [0.1, 0.15) is 10.8 Å². The first-order valence-corrected chi connectivity index (χ1v) is 6.63. The van der Waals surface area contributed by atoms with E-state index in [2.05, 4.69) is 9.97 Å². The number of fused-ring (bicyclic) bond motifs is 1. The second-order valence-corrected chi connectivity index (χ2v) is 4.96. The monoisotopic (exact) mass is 305 g/mol. The lowest BCUT2D eigenvalue weighted by atomic mass is 10.2. The Kier molecular flexibility index (Phi) is 3.62. The Morgan fingerprint density at radius 1 is 1.29 bits per heavy atom. The average Bonchev–Trinajstić information content (AvgIpc) is 2.95. The molecule has 1 amide bonds. The van der Waals surface area contributed by atoms with Crippen LogP contribution in [0, 0.1) is 0 Å². The summed E-state index contributed by atoms with van der Waals surface area (Å²) < 4.78 is 10.6. The van der Waals surface area contributed by atoms with Crippen LogP contribution in [0.2, 0.25) is 5.15 Å². The highest BCUT2D eigenvalue weighted by Gasteiger charge is 2.17. The molecule has 108 valence electrons. The fraction of sp³-hybridized carbons (Fsp3) is 0.214. The van der Waals surface area contributed by atoms with Gasteiger partial charge in [0, 0.05) is 13.6 Å². The zero-order valence-electron chi connectivity index (χ0n) is 11.2. The van der Waals surface area contributed by atoms with Crippen molar-refractivity contribution in [3.63, 3.8) is 0 Å². The Labute approximate surface area is 126 Å². The van der Waals surface area contributed by atoms with Gasteiger partial charge in [0.15, 0.2) is 11.5 Å². The van der Waals surface area contributed by atoms with E-state index in [1.54, 1.807) is 11.9 Å². The summed E-state index contributed by atoms with van der Waals surface area (Å²) in [6.45, 7) is 0.660. The molecular weight excluding hydrogens is 294 g/mol. The summed E-state index contributed by atoms with van der Waals surface area (Å²) in [4.78, 5) is 21.6. The van der Waals surface area contributed by atoms with Gasteiger partial charge in [0.2, 0.25) is 6.79 Å². The van der Waals surface area contributed by atoms with Crippen molar-refractivity contribution < 1.29 is 14.3 Å². The van der Waals surface area contributed by atoms with Crippen LogP contribution in [0.4, 0.5) is 0 Å². The quantitative estimate of drug-likeness (QED) is 0.869. The van der Waals surface area contributed by atoms with Crippen molar-refractivity contribution in [2.24, 2.45) is 0 Å². The highest BCUT2D eigenvalue weighted by molar-refractivity contribution is 6.29. The molecule has 0 fully saturated rings. The number of carbonyl (C=O) groups is 1. The molecule has 1 aliphatic rings. The number of rotatable bonds is 3. The first-order valence-electron chi connectivity index (χ1n) is 6.25. The number of ether oxygens (including phenoxy) is 2. The molecule has 3 rings (SSSR count). The molecule has 0 N–H and O–H groups in total. The molecule has 2 aromatic rings. The van der Waals surface area contributed by atoms with Crippen molar-refractivity contribution >= 4 is 17.5 Å². The number of benzene rings is 1. The minimum absolute atomic E-state index is 0.225. The van der Waals surface area contributed by atoms with Gasteiger partial charge in [0.25, 0.3) is 5.91 Å². The van der Waals surface area contributed by atoms with E-state index < -0.39 is 0 Å². The van der Waals surface area contributed by atoms with E-state index in [0.717, 1.165) is 11.3 Å². The van der Waals surface area contributed by atoms with E-state index in [0.29, 0.717) is 12.3 Å². The number of halogens is 1. The van der Waals surface area contributed by atoms with E-state index in [-0.39, 0.29) is 23.5 Å². The lowest BCUT2D eigenvalue weighted by molar-refractivity contribution is 0.0778. The van der Waals surface area contributed by atoms with Crippen LogP contribution in [0.15, 0.2) is 30.6 Å². The Balaban J connectivity index is 1.72. The average molecular weight is 306 g/mol. The third kappa shape index (κ3) is 2.90. The SMILES string of the molecule is CN(Cc1ccc2c(c1)OCO2)C(=O)c1cnc(Cl)cn1. The third-order valence-corrected chi connectivity index (χ3v) is 3.24. The molecule has 0 spiro atoms. The summed E-state index contributed by atoms with van der Waals surface area (Å²) in [6, 6.07) is 5.59. The van der Waals surface area contributed by atoms with Crippen LogP contribution in [-0.2, 0) is 6.54 Å². The van der Waals surface area contributed by atoms with Gasteiger partial charge in [-0.3, -0.25) is 4.79 Å². The molecule has 0 bridgehead atoms. The van der Waals surface area contributed by atoms with Crippen molar-refractivity contribution in [3.8, 4) is 11.5 Å². The molecule has 0 unspecified atom stereocenters. The van der Waals surface area contributed by atoms with Gasteiger partial charge in [-0.25, -0.2) is 9.97 Å². The van der Waals surface area contributed by atoms with Crippen LogP contribution < -0.4 is 9.47 Å². The van der Waals surface area contributed by atoms with Gasteiger partial charge in [-0.15, -0.1) is 0 Å². The first-order chi connectivity index (χ1) is 10.1. The Morgan fingerprint density at radius 3 is 2.86 bits per heavy atom. The number of nitrogens with zero attached hydrogens (tertiary/aromatic N) is 3. The molecule has 7 heteroatoms. The molecule has 21 heavy (non-hydrogen) atoms. The summed E-state index contributed by atoms with van der Waals surface area (Å²) >= 11 is 5.66. The van der Waals surface area contributed by atoms with Gasteiger partial charge in [-0.05, 0) is 17.7 Å². The normalized spacial score (nSPS) is 12.3. The van der Waals surface area contributed by atoms with E-state index in [4.69, 9.17) is 21.1 Å². The zero-order valence-corrected chi connectivity index (χ0v) is 12.0. The number of hydrogen-bond donors (Lipinski definition) is 0. The molecule has 2 heterocycles. The summed E-state index contributed by atoms with van der Waals surface area (Å²) in [5, 5.41) is 0.255. The minimum atomic E-state index is -0.225. The largest absolute Gasteiger partial charge is 0.454 e. The van der Waals surface area contributed by atoms with Crippen LogP contribution in [-0.4, -0.2) is 34.6 Å². The lowest BCUT2D eigenvalue weighted by Crippen LogP contribution is -2.27. The third-order valence-electron chi connectivity index (χ3n) is 3.04. The Bertz CT molecular complexity index is 676. The van der Waals surface area contributed by atoms with Crippen LogP contribution in [0.3, 0.4) is 0 Å². The van der Waals surface area contributed by atoms with Gasteiger partial charge in [-0.1, -0.05) is 17.7 Å². The van der Waals surface area contributed by atoms with Crippen molar-refractivity contribution in [1.82, 2.24) is 14.9 Å². The molecule has 0 radical (unpaired) electrons. The fourth-order valence-electron chi connectivity index (χ4n) is 2.00. The minimum Gasteiger partial charge on any atom is -0.454 e. The Morgan fingerprint density at radius 2 is 2.10 bits per heavy atom. The molecule has 0 saturated carbocycles. The predicted molar refractivity (Wildman–Crippen MR) is 75.4 cm³/mol. The Hall–Kier alpha value is -2.34. The topological polar surface area (TPSA) is 64.6 Å². The zero-order chi connectivity index (χ0) is 14.8. The highest BCUT2D eigenvalue weighted by atomic mass is 35.5. The molecule has 0 saturated heterocycles. The number of hydrogen-bond acceptors (Lipinski definition) is 5. The van der Waals surface area contributed by atoms with Gasteiger partial charge >= 0.3 is 0 Å². The maximum atomic E-state index is 12.2. The molecule has 0 atom stereocenters. The maximum absolute atomic E-state index is 12.2. The maximum Gasteiger partial charge on any atom is 0.274 e. The van der Waals surface area contributed by atoms with Crippen LogP contribution in [0.5, 0.6) is 11.5 Å². The standard InChI is InChI=1S/C14H12ClN3O3/c1-18(14(19)10-5-17-13(15)6-16-10)7-9-2-3-11-12(4-9)21-8-20-11/h2-6H,7-8H2,1H3. The number of aromatic nitrogens is 2. The van der Waals surface area contributed by atoms with Crippen LogP contribution in [0.25, 0.3) is 0 Å². The predicted octanol–water partition coefficient (Wildman–Crippen LogP) is 2.13. The van der Waals surface area contributed by atoms with Crippen molar-refractivity contribution in [1.29, 1.82) is 0 Å². The number of carbonyl (C=O) groups excluding carboxylic acids is 1. The first kappa shape index (κ1) is 13.6. The van der Waals surface area contributed by atoms with Crippen molar-refractivity contribution in [3.05, 3.63) is 47.0 Å². The smallest absolute Gasteiger partial charge is 0.274 e. The van der Waals surface area contributed by atoms with E-state index in [9.17, 15) is 4.79 Å². The molecule has 1 aromatic carbocycles. The summed E-state index contributed by atoms with van der Waals surface area (Å²) in [5.74, 6) is 1.19. The summed E-state index contributed by atoms with van der Waals surface area (Å²) in [7, 11) is 1.70. The van der Waals surface area contributed by atoms with Gasteiger partial charge in [0.05, 0.1) is 12.4 Å². The lowest BCUT2D eigenvalue weighted by Gasteiger charge is -2.16. The van der Waals surface area contributed by atoms with Crippen molar-refractivity contribution in [2.45, 2.75) is 6.54 Å². The molecular formula is C14H12ClN3O3.